The average Bonchev–Trinajstić information content (AvgIpc) is 2.57. The van der Waals surface area contributed by atoms with Crippen molar-refractivity contribution in [3.8, 4) is 0 Å². The third-order valence-electron chi connectivity index (χ3n) is 2.79. The SMILES string of the molecule is COC(=O)c1cc(C(C)C(C)C)oc1C. The highest BCUT2D eigenvalue weighted by molar-refractivity contribution is 5.90. The predicted molar refractivity (Wildman–Crippen MR) is 58.0 cm³/mol. The van der Waals surface area contributed by atoms with Gasteiger partial charge in [0.15, 0.2) is 0 Å². The summed E-state index contributed by atoms with van der Waals surface area (Å²) in [6.07, 6.45) is 0. The molecule has 3 nitrogen and oxygen atoms in total. The van der Waals surface area contributed by atoms with Crippen LogP contribution < -0.4 is 0 Å². The Bertz CT molecular complexity index is 350. The molecule has 0 aliphatic rings. The topological polar surface area (TPSA) is 39.4 Å². The van der Waals surface area contributed by atoms with Crippen molar-refractivity contribution in [2.24, 2.45) is 5.92 Å². The molecular formula is C12H18O3. The summed E-state index contributed by atoms with van der Waals surface area (Å²) in [7, 11) is 1.38. The van der Waals surface area contributed by atoms with E-state index in [2.05, 4.69) is 25.5 Å². The number of aryl methyl sites for hydroxylation is 1. The van der Waals surface area contributed by atoms with Gasteiger partial charge in [0.2, 0.25) is 0 Å². The first-order valence-corrected chi connectivity index (χ1v) is 5.16. The molecule has 0 spiro atoms. The molecule has 84 valence electrons. The van der Waals surface area contributed by atoms with Gasteiger partial charge in [-0.2, -0.15) is 0 Å². The summed E-state index contributed by atoms with van der Waals surface area (Å²) < 4.78 is 10.2. The molecule has 0 aliphatic heterocycles. The molecule has 0 bridgehead atoms. The van der Waals surface area contributed by atoms with Gasteiger partial charge in [0.05, 0.1) is 7.11 Å². The van der Waals surface area contributed by atoms with Crippen molar-refractivity contribution in [3.05, 3.63) is 23.2 Å². The molecule has 0 amide bonds. The lowest BCUT2D eigenvalue weighted by molar-refractivity contribution is 0.0599. The molecule has 1 unspecified atom stereocenters. The van der Waals surface area contributed by atoms with Crippen LogP contribution in [0, 0.1) is 12.8 Å². The number of esters is 1. The van der Waals surface area contributed by atoms with E-state index < -0.39 is 0 Å². The minimum Gasteiger partial charge on any atom is -0.465 e. The summed E-state index contributed by atoms with van der Waals surface area (Å²) in [5, 5.41) is 0. The molecule has 1 heterocycles. The molecule has 1 atom stereocenters. The van der Waals surface area contributed by atoms with Crippen molar-refractivity contribution >= 4 is 5.97 Å². The maximum atomic E-state index is 11.4. The van der Waals surface area contributed by atoms with E-state index in [4.69, 9.17) is 4.42 Å². The second-order valence-corrected chi connectivity index (χ2v) is 4.14. The fourth-order valence-electron chi connectivity index (χ4n) is 1.37. The average molecular weight is 210 g/mol. The minimum absolute atomic E-state index is 0.308. The number of carbonyl (C=O) groups is 1. The lowest BCUT2D eigenvalue weighted by Gasteiger charge is -2.11. The number of rotatable bonds is 3. The molecule has 0 saturated carbocycles. The summed E-state index contributed by atoms with van der Waals surface area (Å²) in [6.45, 7) is 8.12. The van der Waals surface area contributed by atoms with Crippen molar-refractivity contribution in [2.45, 2.75) is 33.6 Å². The number of ether oxygens (including phenoxy) is 1. The van der Waals surface area contributed by atoms with Gasteiger partial charge in [-0.15, -0.1) is 0 Å². The number of hydrogen-bond donors (Lipinski definition) is 0. The van der Waals surface area contributed by atoms with Crippen LogP contribution in [0.5, 0.6) is 0 Å². The van der Waals surface area contributed by atoms with Gasteiger partial charge in [-0.05, 0) is 18.9 Å². The molecule has 0 radical (unpaired) electrons. The molecule has 1 aromatic rings. The molecule has 0 saturated heterocycles. The fourth-order valence-corrected chi connectivity index (χ4v) is 1.37. The summed E-state index contributed by atoms with van der Waals surface area (Å²) in [5.41, 5.74) is 0.528. The Hall–Kier alpha value is -1.25. The standard InChI is InChI=1S/C12H18O3/c1-7(2)8(3)11-6-10(9(4)15-11)12(13)14-5/h6-8H,1-5H3. The van der Waals surface area contributed by atoms with E-state index in [0.717, 1.165) is 5.76 Å². The largest absolute Gasteiger partial charge is 0.465 e. The van der Waals surface area contributed by atoms with Crippen molar-refractivity contribution in [1.82, 2.24) is 0 Å². The van der Waals surface area contributed by atoms with Crippen LogP contribution >= 0.6 is 0 Å². The first kappa shape index (κ1) is 11.8. The minimum atomic E-state index is -0.335. The van der Waals surface area contributed by atoms with Gasteiger partial charge in [-0.25, -0.2) is 4.79 Å². The van der Waals surface area contributed by atoms with Crippen LogP contribution in [0.15, 0.2) is 10.5 Å². The highest BCUT2D eigenvalue weighted by Gasteiger charge is 2.20. The summed E-state index contributed by atoms with van der Waals surface area (Å²) >= 11 is 0. The maximum Gasteiger partial charge on any atom is 0.341 e. The van der Waals surface area contributed by atoms with Gasteiger partial charge in [0.1, 0.15) is 17.1 Å². The van der Waals surface area contributed by atoms with Crippen LogP contribution in [0.2, 0.25) is 0 Å². The number of hydrogen-bond acceptors (Lipinski definition) is 3. The van der Waals surface area contributed by atoms with Crippen LogP contribution in [0.1, 0.15) is 48.6 Å². The highest BCUT2D eigenvalue weighted by Crippen LogP contribution is 2.27. The predicted octanol–water partition coefficient (Wildman–Crippen LogP) is 3.13. The molecule has 0 aromatic carbocycles. The van der Waals surface area contributed by atoms with Crippen LogP contribution in [0.25, 0.3) is 0 Å². The molecule has 1 aromatic heterocycles. The Balaban J connectivity index is 3.00. The molecule has 0 fully saturated rings. The Morgan fingerprint density at radius 3 is 2.47 bits per heavy atom. The third-order valence-corrected chi connectivity index (χ3v) is 2.79. The molecule has 0 aliphatic carbocycles. The van der Waals surface area contributed by atoms with E-state index in [-0.39, 0.29) is 5.97 Å². The quantitative estimate of drug-likeness (QED) is 0.719. The molecule has 15 heavy (non-hydrogen) atoms. The van der Waals surface area contributed by atoms with Gasteiger partial charge in [-0.1, -0.05) is 20.8 Å². The molecule has 0 N–H and O–H groups in total. The summed E-state index contributed by atoms with van der Waals surface area (Å²) in [5.74, 6) is 1.94. The van der Waals surface area contributed by atoms with Gasteiger partial charge >= 0.3 is 5.97 Å². The van der Waals surface area contributed by atoms with Crippen LogP contribution in [-0.4, -0.2) is 13.1 Å². The van der Waals surface area contributed by atoms with Crippen molar-refractivity contribution in [2.75, 3.05) is 7.11 Å². The Kier molecular flexibility index (Phi) is 3.56. The van der Waals surface area contributed by atoms with Gasteiger partial charge in [-0.3, -0.25) is 0 Å². The van der Waals surface area contributed by atoms with Crippen LogP contribution in [0.3, 0.4) is 0 Å². The van der Waals surface area contributed by atoms with Crippen molar-refractivity contribution in [3.63, 3.8) is 0 Å². The highest BCUT2D eigenvalue weighted by atomic mass is 16.5. The first-order valence-electron chi connectivity index (χ1n) is 5.16. The monoisotopic (exact) mass is 210 g/mol. The lowest BCUT2D eigenvalue weighted by atomic mass is 9.95. The zero-order valence-electron chi connectivity index (χ0n) is 9.96. The molecular weight excluding hydrogens is 192 g/mol. The van der Waals surface area contributed by atoms with Gasteiger partial charge in [0.25, 0.3) is 0 Å². The Labute approximate surface area is 90.4 Å². The van der Waals surface area contributed by atoms with E-state index in [9.17, 15) is 4.79 Å². The molecule has 3 heteroatoms. The van der Waals surface area contributed by atoms with E-state index in [1.807, 2.05) is 0 Å². The Morgan fingerprint density at radius 2 is 2.00 bits per heavy atom. The smallest absolute Gasteiger partial charge is 0.341 e. The summed E-state index contributed by atoms with van der Waals surface area (Å²) in [4.78, 5) is 11.4. The zero-order chi connectivity index (χ0) is 11.6. The number of carbonyl (C=O) groups excluding carboxylic acids is 1. The fraction of sp³-hybridized carbons (Fsp3) is 0.583. The molecule has 1 rings (SSSR count). The normalized spacial score (nSPS) is 12.9. The van der Waals surface area contributed by atoms with Crippen LogP contribution in [-0.2, 0) is 4.74 Å². The number of methoxy groups -OCH3 is 1. The van der Waals surface area contributed by atoms with Gasteiger partial charge in [0, 0.05) is 5.92 Å². The first-order chi connectivity index (χ1) is 6.97. The van der Waals surface area contributed by atoms with E-state index >= 15 is 0 Å². The number of furan rings is 1. The lowest BCUT2D eigenvalue weighted by Crippen LogP contribution is -2.02. The third kappa shape index (κ3) is 2.41. The summed E-state index contributed by atoms with van der Waals surface area (Å²) in [6, 6.07) is 1.78. The van der Waals surface area contributed by atoms with E-state index in [1.54, 1.807) is 13.0 Å². The maximum absolute atomic E-state index is 11.4. The zero-order valence-corrected chi connectivity index (χ0v) is 9.96. The second-order valence-electron chi connectivity index (χ2n) is 4.14. The van der Waals surface area contributed by atoms with Crippen LogP contribution in [0.4, 0.5) is 0 Å². The van der Waals surface area contributed by atoms with Gasteiger partial charge < -0.3 is 9.15 Å². The van der Waals surface area contributed by atoms with E-state index in [1.165, 1.54) is 7.11 Å². The van der Waals surface area contributed by atoms with E-state index in [0.29, 0.717) is 23.2 Å². The second kappa shape index (κ2) is 4.51. The Morgan fingerprint density at radius 1 is 1.40 bits per heavy atom. The van der Waals surface area contributed by atoms with Crippen molar-refractivity contribution in [1.29, 1.82) is 0 Å². The van der Waals surface area contributed by atoms with Crippen molar-refractivity contribution < 1.29 is 13.9 Å².